The highest BCUT2D eigenvalue weighted by Gasteiger charge is 2.49. The van der Waals surface area contributed by atoms with Crippen molar-refractivity contribution < 1.29 is 14.6 Å². The third-order valence-corrected chi connectivity index (χ3v) is 5.36. The van der Waals surface area contributed by atoms with Crippen molar-refractivity contribution in [2.75, 3.05) is 33.3 Å². The molecule has 2 atom stereocenters. The topological polar surface area (TPSA) is 53.0 Å². The SMILES string of the molecule is CN1CC(O)CC1(C)C(=O)N1CC(OCCCc2ccccc2)C1. The summed E-state index contributed by atoms with van der Waals surface area (Å²) in [6.45, 7) is 4.57. The zero-order chi connectivity index (χ0) is 17.2. The zero-order valence-electron chi connectivity index (χ0n) is 14.6. The maximum absolute atomic E-state index is 12.7. The normalized spacial score (nSPS) is 28.1. The van der Waals surface area contributed by atoms with Crippen LogP contribution in [-0.2, 0) is 16.0 Å². The monoisotopic (exact) mass is 332 g/mol. The molecular formula is C19H28N2O3. The molecule has 2 heterocycles. The summed E-state index contributed by atoms with van der Waals surface area (Å²) < 4.78 is 5.87. The van der Waals surface area contributed by atoms with Crippen molar-refractivity contribution in [1.29, 1.82) is 0 Å². The number of carbonyl (C=O) groups excluding carboxylic acids is 1. The van der Waals surface area contributed by atoms with Crippen molar-refractivity contribution >= 4 is 5.91 Å². The molecule has 2 unspecified atom stereocenters. The summed E-state index contributed by atoms with van der Waals surface area (Å²) in [6.07, 6.45) is 2.29. The molecule has 2 saturated heterocycles. The number of likely N-dealkylation sites (tertiary alicyclic amines) is 2. The van der Waals surface area contributed by atoms with Gasteiger partial charge in [0.15, 0.2) is 0 Å². The fraction of sp³-hybridized carbons (Fsp3) is 0.632. The number of aryl methyl sites for hydroxylation is 1. The van der Waals surface area contributed by atoms with Crippen LogP contribution in [0.5, 0.6) is 0 Å². The van der Waals surface area contributed by atoms with E-state index < -0.39 is 11.6 Å². The number of hydrogen-bond acceptors (Lipinski definition) is 4. The molecule has 1 N–H and O–H groups in total. The van der Waals surface area contributed by atoms with Gasteiger partial charge in [0, 0.05) is 32.7 Å². The number of amides is 1. The molecule has 1 aromatic rings. The van der Waals surface area contributed by atoms with Gasteiger partial charge in [-0.15, -0.1) is 0 Å². The standard InChI is InChI=1S/C19H28N2O3/c1-19(11-16(22)12-20(19)2)18(23)21-13-17(14-21)24-10-6-9-15-7-4-3-5-8-15/h3-5,7-8,16-17,22H,6,9-14H2,1-2H3. The molecule has 0 bridgehead atoms. The summed E-state index contributed by atoms with van der Waals surface area (Å²) in [4.78, 5) is 16.5. The Hall–Kier alpha value is -1.43. The Kier molecular flexibility index (Phi) is 5.23. The van der Waals surface area contributed by atoms with Crippen LogP contribution in [-0.4, -0.2) is 71.8 Å². The molecule has 2 aliphatic rings. The first-order valence-corrected chi connectivity index (χ1v) is 8.83. The summed E-state index contributed by atoms with van der Waals surface area (Å²) in [5, 5.41) is 9.81. The summed E-state index contributed by atoms with van der Waals surface area (Å²) in [5.74, 6) is 0.116. The fourth-order valence-electron chi connectivity index (χ4n) is 3.67. The van der Waals surface area contributed by atoms with Gasteiger partial charge in [-0.1, -0.05) is 30.3 Å². The molecule has 0 spiro atoms. The maximum atomic E-state index is 12.7. The molecule has 0 aromatic heterocycles. The van der Waals surface area contributed by atoms with Gasteiger partial charge >= 0.3 is 0 Å². The number of carbonyl (C=O) groups is 1. The quantitative estimate of drug-likeness (QED) is 0.798. The van der Waals surface area contributed by atoms with E-state index in [-0.39, 0.29) is 12.0 Å². The Balaban J connectivity index is 1.36. The van der Waals surface area contributed by atoms with Gasteiger partial charge in [0.1, 0.15) is 5.54 Å². The predicted octanol–water partition coefficient (Wildman–Crippen LogP) is 1.30. The van der Waals surface area contributed by atoms with Crippen LogP contribution in [0.2, 0.25) is 0 Å². The first-order valence-electron chi connectivity index (χ1n) is 8.83. The highest BCUT2D eigenvalue weighted by atomic mass is 16.5. The van der Waals surface area contributed by atoms with Crippen LogP contribution in [0.1, 0.15) is 25.3 Å². The third kappa shape index (κ3) is 3.63. The third-order valence-electron chi connectivity index (χ3n) is 5.36. The van der Waals surface area contributed by atoms with Crippen molar-refractivity contribution in [2.24, 2.45) is 0 Å². The van der Waals surface area contributed by atoms with Gasteiger partial charge in [-0.05, 0) is 32.4 Å². The number of benzene rings is 1. The number of nitrogens with zero attached hydrogens (tertiary/aromatic N) is 2. The highest BCUT2D eigenvalue weighted by Crippen LogP contribution is 2.31. The first kappa shape index (κ1) is 17.4. The maximum Gasteiger partial charge on any atom is 0.243 e. The molecule has 1 amide bonds. The lowest BCUT2D eigenvalue weighted by Gasteiger charge is -2.44. The molecule has 0 saturated carbocycles. The average molecular weight is 332 g/mol. The molecule has 24 heavy (non-hydrogen) atoms. The summed E-state index contributed by atoms with van der Waals surface area (Å²) in [7, 11) is 1.91. The zero-order valence-corrected chi connectivity index (χ0v) is 14.6. The Morgan fingerprint density at radius 3 is 2.62 bits per heavy atom. The van der Waals surface area contributed by atoms with E-state index in [0.29, 0.717) is 26.1 Å². The van der Waals surface area contributed by atoms with E-state index in [0.717, 1.165) is 19.4 Å². The van der Waals surface area contributed by atoms with Crippen molar-refractivity contribution in [2.45, 2.75) is 43.9 Å². The lowest BCUT2D eigenvalue weighted by atomic mass is 9.94. The Morgan fingerprint density at radius 2 is 2.00 bits per heavy atom. The number of aliphatic hydroxyl groups excluding tert-OH is 1. The van der Waals surface area contributed by atoms with Crippen LogP contribution >= 0.6 is 0 Å². The average Bonchev–Trinajstić information content (AvgIpc) is 2.79. The number of β-amino-alcohol motifs (C(OH)–C–C–N with tert-alkyl or cyclic N) is 1. The van der Waals surface area contributed by atoms with E-state index in [2.05, 4.69) is 24.3 Å². The van der Waals surface area contributed by atoms with Gasteiger partial charge in [0.2, 0.25) is 5.91 Å². The Morgan fingerprint density at radius 1 is 1.29 bits per heavy atom. The molecule has 2 fully saturated rings. The minimum atomic E-state index is -0.572. The van der Waals surface area contributed by atoms with Crippen molar-refractivity contribution in [3.8, 4) is 0 Å². The second-order valence-corrected chi connectivity index (χ2v) is 7.30. The Bertz CT molecular complexity index is 559. The van der Waals surface area contributed by atoms with Gasteiger partial charge in [-0.3, -0.25) is 9.69 Å². The number of rotatable bonds is 6. The van der Waals surface area contributed by atoms with Crippen LogP contribution in [0.3, 0.4) is 0 Å². The van der Waals surface area contributed by atoms with Crippen molar-refractivity contribution in [3.05, 3.63) is 35.9 Å². The molecule has 2 aliphatic heterocycles. The molecule has 3 rings (SSSR count). The smallest absolute Gasteiger partial charge is 0.243 e. The van der Waals surface area contributed by atoms with E-state index in [1.165, 1.54) is 5.56 Å². The summed E-state index contributed by atoms with van der Waals surface area (Å²) >= 11 is 0. The van der Waals surface area contributed by atoms with Crippen LogP contribution in [0.4, 0.5) is 0 Å². The predicted molar refractivity (Wildman–Crippen MR) is 92.7 cm³/mol. The molecule has 0 aliphatic carbocycles. The fourth-order valence-corrected chi connectivity index (χ4v) is 3.67. The van der Waals surface area contributed by atoms with E-state index in [1.54, 1.807) is 0 Å². The summed E-state index contributed by atoms with van der Waals surface area (Å²) in [6, 6.07) is 10.4. The van der Waals surface area contributed by atoms with Crippen molar-refractivity contribution in [3.63, 3.8) is 0 Å². The minimum Gasteiger partial charge on any atom is -0.392 e. The van der Waals surface area contributed by atoms with Crippen LogP contribution < -0.4 is 0 Å². The molecular weight excluding hydrogens is 304 g/mol. The van der Waals surface area contributed by atoms with E-state index in [9.17, 15) is 9.90 Å². The van der Waals surface area contributed by atoms with Gasteiger partial charge in [0.05, 0.1) is 12.2 Å². The number of aliphatic hydroxyl groups is 1. The Labute approximate surface area is 144 Å². The molecule has 5 heteroatoms. The highest BCUT2D eigenvalue weighted by molar-refractivity contribution is 5.87. The van der Waals surface area contributed by atoms with Crippen molar-refractivity contribution in [1.82, 2.24) is 9.80 Å². The largest absolute Gasteiger partial charge is 0.392 e. The molecule has 132 valence electrons. The lowest BCUT2D eigenvalue weighted by Crippen LogP contribution is -2.62. The second kappa shape index (κ2) is 7.21. The number of hydrogen-bond donors (Lipinski definition) is 1. The first-order chi connectivity index (χ1) is 11.5. The second-order valence-electron chi connectivity index (χ2n) is 7.30. The minimum absolute atomic E-state index is 0.116. The van der Waals surface area contributed by atoms with Crippen LogP contribution in [0.15, 0.2) is 30.3 Å². The molecule has 0 radical (unpaired) electrons. The van der Waals surface area contributed by atoms with E-state index >= 15 is 0 Å². The van der Waals surface area contributed by atoms with Gasteiger partial charge in [-0.2, -0.15) is 0 Å². The number of ether oxygens (including phenoxy) is 1. The molecule has 5 nitrogen and oxygen atoms in total. The van der Waals surface area contributed by atoms with Gasteiger partial charge in [0.25, 0.3) is 0 Å². The number of likely N-dealkylation sites (N-methyl/N-ethyl adjacent to an activating group) is 1. The molecule has 1 aromatic carbocycles. The lowest BCUT2D eigenvalue weighted by molar-refractivity contribution is -0.155. The van der Waals surface area contributed by atoms with Crippen LogP contribution in [0, 0.1) is 0 Å². The van der Waals surface area contributed by atoms with Gasteiger partial charge < -0.3 is 14.7 Å². The van der Waals surface area contributed by atoms with Crippen LogP contribution in [0.25, 0.3) is 0 Å². The van der Waals surface area contributed by atoms with E-state index in [1.807, 2.05) is 29.8 Å². The summed E-state index contributed by atoms with van der Waals surface area (Å²) in [5.41, 5.74) is 0.764. The van der Waals surface area contributed by atoms with Gasteiger partial charge in [-0.25, -0.2) is 0 Å². The van der Waals surface area contributed by atoms with E-state index in [4.69, 9.17) is 4.74 Å².